The zero-order chi connectivity index (χ0) is 15.0. The number of nitrogens with zero attached hydrogens (tertiary/aromatic N) is 2. The molecule has 1 atom stereocenters. The summed E-state index contributed by atoms with van der Waals surface area (Å²) in [5, 5.41) is 3.54. The lowest BCUT2D eigenvalue weighted by Gasteiger charge is -2.25. The van der Waals surface area contributed by atoms with E-state index in [1.165, 1.54) is 38.5 Å². The Kier molecular flexibility index (Phi) is 5.76. The van der Waals surface area contributed by atoms with Gasteiger partial charge in [0.05, 0.1) is 6.61 Å². The summed E-state index contributed by atoms with van der Waals surface area (Å²) in [5.74, 6) is 4.03. The molecule has 0 aromatic rings. The van der Waals surface area contributed by atoms with Crippen LogP contribution in [0, 0.1) is 23.2 Å². The summed E-state index contributed by atoms with van der Waals surface area (Å²) in [6.45, 7) is 8.39. The Morgan fingerprint density at radius 3 is 2.57 bits per heavy atom. The van der Waals surface area contributed by atoms with E-state index in [4.69, 9.17) is 9.73 Å². The lowest BCUT2D eigenvalue weighted by Crippen LogP contribution is -2.41. The van der Waals surface area contributed by atoms with Gasteiger partial charge in [0, 0.05) is 38.2 Å². The van der Waals surface area contributed by atoms with Crippen molar-refractivity contribution in [3.05, 3.63) is 0 Å². The molecule has 0 aromatic carbocycles. The first-order valence-electron chi connectivity index (χ1n) is 9.41. The molecule has 132 valence electrons. The van der Waals surface area contributed by atoms with Crippen molar-refractivity contribution in [2.45, 2.75) is 45.4 Å². The van der Waals surface area contributed by atoms with Crippen molar-refractivity contribution >= 4 is 29.9 Å². The smallest absolute Gasteiger partial charge is 0.193 e. The second kappa shape index (κ2) is 7.46. The summed E-state index contributed by atoms with van der Waals surface area (Å²) in [7, 11) is 0. The molecule has 4 aliphatic rings. The predicted octanol–water partition coefficient (Wildman–Crippen LogP) is 3.12. The number of rotatable bonds is 5. The molecule has 0 amide bonds. The van der Waals surface area contributed by atoms with E-state index in [0.717, 1.165) is 63.1 Å². The predicted molar refractivity (Wildman–Crippen MR) is 104 cm³/mol. The van der Waals surface area contributed by atoms with E-state index >= 15 is 0 Å². The van der Waals surface area contributed by atoms with Crippen LogP contribution < -0.4 is 5.32 Å². The van der Waals surface area contributed by atoms with Crippen LogP contribution in [-0.2, 0) is 4.74 Å². The zero-order valence-electron chi connectivity index (χ0n) is 14.4. The highest BCUT2D eigenvalue weighted by Gasteiger charge is 2.43. The monoisotopic (exact) mass is 433 g/mol. The fourth-order valence-corrected chi connectivity index (χ4v) is 4.44. The fourth-order valence-electron chi connectivity index (χ4n) is 4.44. The van der Waals surface area contributed by atoms with Crippen molar-refractivity contribution < 1.29 is 4.74 Å². The van der Waals surface area contributed by atoms with Gasteiger partial charge in [0.25, 0.3) is 0 Å². The van der Waals surface area contributed by atoms with Gasteiger partial charge in [-0.3, -0.25) is 4.99 Å². The van der Waals surface area contributed by atoms with Crippen molar-refractivity contribution in [3.63, 3.8) is 0 Å². The van der Waals surface area contributed by atoms with E-state index in [2.05, 4.69) is 17.1 Å². The molecule has 4 rings (SSSR count). The highest BCUT2D eigenvalue weighted by molar-refractivity contribution is 14.0. The Hall–Kier alpha value is -0.0400. The normalized spacial score (nSPS) is 31.0. The number of nitrogens with one attached hydrogen (secondary N) is 1. The van der Waals surface area contributed by atoms with Crippen LogP contribution in [0.15, 0.2) is 4.99 Å². The molecule has 23 heavy (non-hydrogen) atoms. The average molecular weight is 433 g/mol. The maximum atomic E-state index is 5.66. The molecular weight excluding hydrogens is 401 g/mol. The lowest BCUT2D eigenvalue weighted by molar-refractivity contribution is 0.156. The van der Waals surface area contributed by atoms with Crippen molar-refractivity contribution in [3.8, 4) is 0 Å². The molecule has 1 N–H and O–H groups in total. The average Bonchev–Trinajstić information content (AvgIpc) is 3.46. The van der Waals surface area contributed by atoms with Gasteiger partial charge in [-0.2, -0.15) is 0 Å². The molecule has 0 radical (unpaired) electrons. The molecule has 2 aliphatic carbocycles. The van der Waals surface area contributed by atoms with Gasteiger partial charge < -0.3 is 15.0 Å². The first kappa shape index (κ1) is 17.8. The number of hydrogen-bond donors (Lipinski definition) is 1. The molecule has 4 nitrogen and oxygen atoms in total. The number of likely N-dealkylation sites (tertiary alicyclic amines) is 1. The number of ether oxygens (including phenoxy) is 1. The first-order valence-corrected chi connectivity index (χ1v) is 9.41. The molecule has 1 unspecified atom stereocenters. The topological polar surface area (TPSA) is 36.9 Å². The maximum Gasteiger partial charge on any atom is 0.193 e. The van der Waals surface area contributed by atoms with Crippen LogP contribution in [0.1, 0.15) is 45.4 Å². The van der Waals surface area contributed by atoms with Gasteiger partial charge in [-0.05, 0) is 63.2 Å². The van der Waals surface area contributed by atoms with Crippen LogP contribution in [0.5, 0.6) is 0 Å². The Bertz CT molecular complexity index is 416. The molecule has 5 heteroatoms. The summed E-state index contributed by atoms with van der Waals surface area (Å²) in [6.07, 6.45) is 8.32. The number of aliphatic imine (C=N–C) groups is 1. The quantitative estimate of drug-likeness (QED) is 0.411. The Balaban J connectivity index is 0.00000156. The van der Waals surface area contributed by atoms with Crippen LogP contribution in [0.25, 0.3) is 0 Å². The molecule has 4 fully saturated rings. The van der Waals surface area contributed by atoms with Crippen LogP contribution in [0.4, 0.5) is 0 Å². The summed E-state index contributed by atoms with van der Waals surface area (Å²) >= 11 is 0. The van der Waals surface area contributed by atoms with Gasteiger partial charge in [-0.25, -0.2) is 0 Å². The Morgan fingerprint density at radius 1 is 1.26 bits per heavy atom. The van der Waals surface area contributed by atoms with Gasteiger partial charge in [0.1, 0.15) is 0 Å². The van der Waals surface area contributed by atoms with Gasteiger partial charge in [-0.15, -0.1) is 24.0 Å². The summed E-state index contributed by atoms with van der Waals surface area (Å²) in [4.78, 5) is 7.56. The minimum atomic E-state index is 0. The Morgan fingerprint density at radius 2 is 2.00 bits per heavy atom. The van der Waals surface area contributed by atoms with E-state index < -0.39 is 0 Å². The van der Waals surface area contributed by atoms with E-state index in [-0.39, 0.29) is 24.0 Å². The van der Waals surface area contributed by atoms with Crippen LogP contribution in [-0.4, -0.2) is 50.3 Å². The second-order valence-electron chi connectivity index (χ2n) is 8.01. The largest absolute Gasteiger partial charge is 0.381 e. The molecule has 2 heterocycles. The summed E-state index contributed by atoms with van der Waals surface area (Å²) in [5.41, 5.74) is 0.419. The van der Waals surface area contributed by atoms with Crippen molar-refractivity contribution in [2.75, 3.05) is 39.4 Å². The SMILES string of the molecule is CCNC(=NCC(C1CC1)C1CC1)N1CCC2(CCOC2)C1.I. The van der Waals surface area contributed by atoms with Gasteiger partial charge in [-0.1, -0.05) is 0 Å². The van der Waals surface area contributed by atoms with E-state index in [1.54, 1.807) is 0 Å². The molecular formula is C18H32IN3O. The molecule has 2 saturated heterocycles. The van der Waals surface area contributed by atoms with Crippen molar-refractivity contribution in [2.24, 2.45) is 28.2 Å². The molecule has 0 aromatic heterocycles. The number of guanidine groups is 1. The van der Waals surface area contributed by atoms with Gasteiger partial charge in [0.2, 0.25) is 0 Å². The van der Waals surface area contributed by atoms with Gasteiger partial charge in [0.15, 0.2) is 5.96 Å². The lowest BCUT2D eigenvalue weighted by atomic mass is 9.87. The van der Waals surface area contributed by atoms with E-state index in [9.17, 15) is 0 Å². The third kappa shape index (κ3) is 4.14. The standard InChI is InChI=1S/C18H31N3O.HI/c1-2-19-17(20-11-16(14-3-4-14)15-5-6-15)21-9-7-18(12-21)8-10-22-13-18;/h14-16H,2-13H2,1H3,(H,19,20);1H. The molecule has 0 bridgehead atoms. The third-order valence-electron chi connectivity index (χ3n) is 6.16. The second-order valence-corrected chi connectivity index (χ2v) is 8.01. The van der Waals surface area contributed by atoms with Crippen molar-refractivity contribution in [1.29, 1.82) is 0 Å². The molecule has 1 spiro atoms. The van der Waals surface area contributed by atoms with Crippen LogP contribution >= 0.6 is 24.0 Å². The summed E-state index contributed by atoms with van der Waals surface area (Å²) < 4.78 is 5.66. The fraction of sp³-hybridized carbons (Fsp3) is 0.944. The molecule has 2 aliphatic heterocycles. The van der Waals surface area contributed by atoms with E-state index in [1.807, 2.05) is 0 Å². The highest BCUT2D eigenvalue weighted by atomic mass is 127. The van der Waals surface area contributed by atoms with Gasteiger partial charge >= 0.3 is 0 Å². The maximum absolute atomic E-state index is 5.66. The van der Waals surface area contributed by atoms with Crippen molar-refractivity contribution in [1.82, 2.24) is 10.2 Å². The van der Waals surface area contributed by atoms with Crippen LogP contribution in [0.3, 0.4) is 0 Å². The summed E-state index contributed by atoms with van der Waals surface area (Å²) in [6, 6.07) is 0. The third-order valence-corrected chi connectivity index (χ3v) is 6.16. The Labute approximate surface area is 157 Å². The number of halogens is 1. The zero-order valence-corrected chi connectivity index (χ0v) is 16.8. The minimum Gasteiger partial charge on any atom is -0.381 e. The first-order chi connectivity index (χ1) is 10.8. The molecule has 2 saturated carbocycles. The number of hydrogen-bond acceptors (Lipinski definition) is 2. The van der Waals surface area contributed by atoms with Crippen LogP contribution in [0.2, 0.25) is 0 Å². The van der Waals surface area contributed by atoms with E-state index in [0.29, 0.717) is 5.41 Å². The minimum absolute atomic E-state index is 0. The highest BCUT2D eigenvalue weighted by Crippen LogP contribution is 2.49.